The molecule has 0 radical (unpaired) electrons. The number of hydrogen-bond donors (Lipinski definition) is 0. The zero-order valence-corrected chi connectivity index (χ0v) is 7.95. The van der Waals surface area contributed by atoms with Gasteiger partial charge in [0.15, 0.2) is 0 Å². The van der Waals surface area contributed by atoms with Gasteiger partial charge in [-0.15, -0.1) is 5.10 Å². The minimum atomic E-state index is 0.911. The molecule has 0 aromatic carbocycles. The van der Waals surface area contributed by atoms with Gasteiger partial charge in [0, 0.05) is 12.4 Å². The number of hydrogen-bond acceptors (Lipinski definition) is 2. The van der Waals surface area contributed by atoms with E-state index in [4.69, 9.17) is 0 Å². The Morgan fingerprint density at radius 2 is 2.55 bits per heavy atom. The Labute approximate surface area is 74.2 Å². The predicted octanol–water partition coefficient (Wildman–Crippen LogP) is 1.61. The molecular formula is C7H10BrN3. The minimum Gasteiger partial charge on any atom is -0.255 e. The van der Waals surface area contributed by atoms with Crippen molar-refractivity contribution in [2.24, 2.45) is 7.05 Å². The van der Waals surface area contributed by atoms with Gasteiger partial charge in [0.1, 0.15) is 5.69 Å². The van der Waals surface area contributed by atoms with Gasteiger partial charge in [-0.25, -0.2) is 0 Å². The van der Waals surface area contributed by atoms with E-state index < -0.39 is 0 Å². The van der Waals surface area contributed by atoms with Gasteiger partial charge in [0.2, 0.25) is 0 Å². The summed E-state index contributed by atoms with van der Waals surface area (Å²) in [5, 5.41) is 8.69. The lowest BCUT2D eigenvalue weighted by atomic mass is 10.3. The topological polar surface area (TPSA) is 30.7 Å². The maximum absolute atomic E-state index is 3.90. The first-order valence-corrected chi connectivity index (χ1v) is 4.54. The minimum absolute atomic E-state index is 0.911. The second kappa shape index (κ2) is 4.28. The second-order valence-corrected chi connectivity index (χ2v) is 2.99. The van der Waals surface area contributed by atoms with E-state index in [-0.39, 0.29) is 0 Å². The molecule has 0 atom stereocenters. The lowest BCUT2D eigenvalue weighted by Gasteiger charge is -1.81. The molecule has 0 amide bonds. The first-order chi connectivity index (χ1) is 5.33. The van der Waals surface area contributed by atoms with Crippen LogP contribution in [-0.2, 0) is 7.05 Å². The van der Waals surface area contributed by atoms with E-state index in [1.165, 1.54) is 0 Å². The van der Waals surface area contributed by atoms with Crippen LogP contribution in [0.25, 0.3) is 6.08 Å². The number of aryl methyl sites for hydroxylation is 1. The summed E-state index contributed by atoms with van der Waals surface area (Å²) in [7, 11) is 1.86. The monoisotopic (exact) mass is 215 g/mol. The largest absolute Gasteiger partial charge is 0.255 e. The first kappa shape index (κ1) is 8.46. The smallest absolute Gasteiger partial charge is 0.105 e. The van der Waals surface area contributed by atoms with Crippen LogP contribution >= 0.6 is 15.9 Å². The third-order valence-electron chi connectivity index (χ3n) is 1.18. The summed E-state index contributed by atoms with van der Waals surface area (Å²) in [5.74, 6) is 0. The molecule has 0 N–H and O–H groups in total. The molecule has 0 saturated carbocycles. The van der Waals surface area contributed by atoms with E-state index in [9.17, 15) is 0 Å². The molecule has 0 saturated heterocycles. The number of allylic oxidation sites excluding steroid dienone is 1. The van der Waals surface area contributed by atoms with Gasteiger partial charge < -0.3 is 0 Å². The fourth-order valence-corrected chi connectivity index (χ4v) is 0.973. The molecule has 1 aromatic heterocycles. The fraction of sp³-hybridized carbons (Fsp3) is 0.429. The van der Waals surface area contributed by atoms with Crippen LogP contribution in [0, 0.1) is 0 Å². The number of aromatic nitrogens is 3. The molecule has 1 rings (SSSR count). The standard InChI is InChI=1S/C7H10BrN3/c1-11-6-7(9-10-11)4-2-3-5-8/h2,4,6H,3,5H2,1H3/b4-2+. The van der Waals surface area contributed by atoms with Crippen LogP contribution in [-0.4, -0.2) is 20.3 Å². The Morgan fingerprint density at radius 3 is 3.09 bits per heavy atom. The highest BCUT2D eigenvalue weighted by Gasteiger charge is 1.89. The molecule has 0 aliphatic rings. The van der Waals surface area contributed by atoms with E-state index in [1.54, 1.807) is 4.68 Å². The van der Waals surface area contributed by atoms with Gasteiger partial charge in [-0.1, -0.05) is 27.2 Å². The van der Waals surface area contributed by atoms with Crippen molar-refractivity contribution in [3.63, 3.8) is 0 Å². The Morgan fingerprint density at radius 1 is 1.73 bits per heavy atom. The summed E-state index contributed by atoms with van der Waals surface area (Å²) in [6.07, 6.45) is 6.94. The molecule has 1 aromatic rings. The molecule has 4 heteroatoms. The first-order valence-electron chi connectivity index (χ1n) is 3.42. The van der Waals surface area contributed by atoms with Crippen LogP contribution in [0.1, 0.15) is 12.1 Å². The zero-order valence-electron chi connectivity index (χ0n) is 6.37. The summed E-state index contributed by atoms with van der Waals surface area (Å²) < 4.78 is 1.69. The van der Waals surface area contributed by atoms with Crippen LogP contribution in [0.5, 0.6) is 0 Å². The number of rotatable bonds is 3. The van der Waals surface area contributed by atoms with E-state index in [0.29, 0.717) is 0 Å². The maximum Gasteiger partial charge on any atom is 0.105 e. The molecule has 0 unspecified atom stereocenters. The van der Waals surface area contributed by atoms with Crippen LogP contribution < -0.4 is 0 Å². The Kier molecular flexibility index (Phi) is 3.29. The average Bonchev–Trinajstić information content (AvgIpc) is 2.37. The number of alkyl halides is 1. The van der Waals surface area contributed by atoms with Crippen LogP contribution in [0.4, 0.5) is 0 Å². The fourth-order valence-electron chi connectivity index (χ4n) is 0.709. The normalized spacial score (nSPS) is 11.1. The number of halogens is 1. The highest BCUT2D eigenvalue weighted by Crippen LogP contribution is 1.97. The molecule has 0 aliphatic heterocycles. The van der Waals surface area contributed by atoms with Crippen LogP contribution in [0.15, 0.2) is 12.3 Å². The summed E-state index contributed by atoms with van der Waals surface area (Å²) in [6.45, 7) is 0. The van der Waals surface area contributed by atoms with Gasteiger partial charge in [-0.05, 0) is 12.5 Å². The Bertz CT molecular complexity index is 242. The molecule has 0 bridgehead atoms. The quantitative estimate of drug-likeness (QED) is 0.718. The van der Waals surface area contributed by atoms with Crippen molar-refractivity contribution in [1.29, 1.82) is 0 Å². The van der Waals surface area contributed by atoms with Gasteiger partial charge in [-0.3, -0.25) is 4.68 Å². The molecular weight excluding hydrogens is 206 g/mol. The molecule has 0 aliphatic carbocycles. The molecule has 60 valence electrons. The van der Waals surface area contributed by atoms with E-state index in [1.807, 2.05) is 19.3 Å². The Balaban J connectivity index is 2.50. The third-order valence-corrected chi connectivity index (χ3v) is 1.64. The molecule has 0 spiro atoms. The highest BCUT2D eigenvalue weighted by atomic mass is 79.9. The predicted molar refractivity (Wildman–Crippen MR) is 48.4 cm³/mol. The molecule has 1 heterocycles. The molecule has 11 heavy (non-hydrogen) atoms. The average molecular weight is 216 g/mol. The summed E-state index contributed by atoms with van der Waals surface area (Å²) in [5.41, 5.74) is 0.911. The van der Waals surface area contributed by atoms with E-state index in [2.05, 4.69) is 32.3 Å². The van der Waals surface area contributed by atoms with Crippen molar-refractivity contribution in [3.8, 4) is 0 Å². The Hall–Kier alpha value is -0.640. The van der Waals surface area contributed by atoms with Crippen LogP contribution in [0.3, 0.4) is 0 Å². The lowest BCUT2D eigenvalue weighted by molar-refractivity contribution is 0.714. The van der Waals surface area contributed by atoms with Gasteiger partial charge >= 0.3 is 0 Å². The molecule has 0 fully saturated rings. The summed E-state index contributed by atoms with van der Waals surface area (Å²) in [6, 6.07) is 0. The van der Waals surface area contributed by atoms with Crippen molar-refractivity contribution in [2.45, 2.75) is 6.42 Å². The zero-order chi connectivity index (χ0) is 8.10. The second-order valence-electron chi connectivity index (χ2n) is 2.20. The molecule has 3 nitrogen and oxygen atoms in total. The van der Waals surface area contributed by atoms with Gasteiger partial charge in [0.25, 0.3) is 0 Å². The van der Waals surface area contributed by atoms with Crippen molar-refractivity contribution in [1.82, 2.24) is 15.0 Å². The van der Waals surface area contributed by atoms with E-state index in [0.717, 1.165) is 17.4 Å². The van der Waals surface area contributed by atoms with Gasteiger partial charge in [0.05, 0.1) is 6.20 Å². The van der Waals surface area contributed by atoms with Crippen molar-refractivity contribution in [3.05, 3.63) is 18.0 Å². The summed E-state index contributed by atoms with van der Waals surface area (Å²) in [4.78, 5) is 0. The van der Waals surface area contributed by atoms with Crippen LogP contribution in [0.2, 0.25) is 0 Å². The van der Waals surface area contributed by atoms with E-state index >= 15 is 0 Å². The maximum atomic E-state index is 3.90. The van der Waals surface area contributed by atoms with Crippen molar-refractivity contribution >= 4 is 22.0 Å². The third kappa shape index (κ3) is 2.84. The SMILES string of the molecule is Cn1cc(/C=C/CCBr)nn1. The van der Waals surface area contributed by atoms with Crippen molar-refractivity contribution < 1.29 is 0 Å². The number of nitrogens with zero attached hydrogens (tertiary/aromatic N) is 3. The lowest BCUT2D eigenvalue weighted by Crippen LogP contribution is -1.85. The summed E-state index contributed by atoms with van der Waals surface area (Å²) >= 11 is 3.34. The van der Waals surface area contributed by atoms with Crippen molar-refractivity contribution in [2.75, 3.05) is 5.33 Å². The highest BCUT2D eigenvalue weighted by molar-refractivity contribution is 9.09. The van der Waals surface area contributed by atoms with Gasteiger partial charge in [-0.2, -0.15) is 0 Å².